The van der Waals surface area contributed by atoms with E-state index in [4.69, 9.17) is 4.74 Å². The standard InChI is InChI=1S/C20H29N3O5/c1-15(20(26)27)23(9-8-21-16(2)24)19(25)12-18-14-22(10-11-28-18)13-17-6-4-3-5-7-17/h3-7,15,18H,8-14H2,1-2H3,(H,21,24)(H,26,27). The van der Waals surface area contributed by atoms with Gasteiger partial charge in [-0.2, -0.15) is 0 Å². The van der Waals surface area contributed by atoms with Crippen LogP contribution in [0.5, 0.6) is 0 Å². The molecule has 8 nitrogen and oxygen atoms in total. The first-order valence-electron chi connectivity index (χ1n) is 9.51. The number of amides is 2. The van der Waals surface area contributed by atoms with Crippen molar-refractivity contribution in [1.29, 1.82) is 0 Å². The molecule has 1 heterocycles. The second-order valence-electron chi connectivity index (χ2n) is 7.00. The average molecular weight is 391 g/mol. The molecule has 28 heavy (non-hydrogen) atoms. The highest BCUT2D eigenvalue weighted by Crippen LogP contribution is 2.14. The molecule has 0 aromatic heterocycles. The monoisotopic (exact) mass is 391 g/mol. The topological polar surface area (TPSA) is 99.2 Å². The van der Waals surface area contributed by atoms with Crippen LogP contribution in [-0.4, -0.2) is 77.6 Å². The Hall–Kier alpha value is -2.45. The molecule has 2 amide bonds. The molecule has 1 aromatic rings. The van der Waals surface area contributed by atoms with Crippen molar-refractivity contribution in [3.8, 4) is 0 Å². The van der Waals surface area contributed by atoms with Crippen LogP contribution in [0.1, 0.15) is 25.8 Å². The van der Waals surface area contributed by atoms with Gasteiger partial charge in [-0.05, 0) is 12.5 Å². The van der Waals surface area contributed by atoms with Gasteiger partial charge in [0.2, 0.25) is 11.8 Å². The zero-order chi connectivity index (χ0) is 20.5. The summed E-state index contributed by atoms with van der Waals surface area (Å²) in [5.74, 6) is -1.58. The van der Waals surface area contributed by atoms with Crippen LogP contribution in [-0.2, 0) is 25.7 Å². The molecule has 0 radical (unpaired) electrons. The predicted octanol–water partition coefficient (Wildman–Crippen LogP) is 0.715. The highest BCUT2D eigenvalue weighted by molar-refractivity contribution is 5.83. The Morgan fingerprint density at radius 2 is 2.04 bits per heavy atom. The van der Waals surface area contributed by atoms with Crippen molar-refractivity contribution < 1.29 is 24.2 Å². The third-order valence-electron chi connectivity index (χ3n) is 4.75. The first kappa shape index (κ1) is 21.8. The van der Waals surface area contributed by atoms with E-state index in [2.05, 4.69) is 22.3 Å². The van der Waals surface area contributed by atoms with E-state index in [9.17, 15) is 19.5 Å². The number of carboxylic acids is 1. The Labute approximate surface area is 165 Å². The second-order valence-corrected chi connectivity index (χ2v) is 7.00. The van der Waals surface area contributed by atoms with Crippen molar-refractivity contribution >= 4 is 17.8 Å². The Morgan fingerprint density at radius 1 is 1.32 bits per heavy atom. The fraction of sp³-hybridized carbons (Fsp3) is 0.550. The van der Waals surface area contributed by atoms with Gasteiger partial charge in [0.1, 0.15) is 6.04 Å². The zero-order valence-corrected chi connectivity index (χ0v) is 16.5. The molecule has 0 bridgehead atoms. The van der Waals surface area contributed by atoms with E-state index in [1.807, 2.05) is 18.2 Å². The highest BCUT2D eigenvalue weighted by atomic mass is 16.5. The Bertz CT molecular complexity index is 667. The summed E-state index contributed by atoms with van der Waals surface area (Å²) < 4.78 is 5.74. The summed E-state index contributed by atoms with van der Waals surface area (Å²) in [5.41, 5.74) is 1.20. The summed E-state index contributed by atoms with van der Waals surface area (Å²) in [7, 11) is 0. The minimum Gasteiger partial charge on any atom is -0.480 e. The van der Waals surface area contributed by atoms with E-state index in [0.29, 0.717) is 13.2 Å². The van der Waals surface area contributed by atoms with Gasteiger partial charge in [0.25, 0.3) is 0 Å². The molecule has 1 aliphatic heterocycles. The Balaban J connectivity index is 1.92. The summed E-state index contributed by atoms with van der Waals surface area (Å²) in [6.07, 6.45) is -0.169. The number of nitrogens with one attached hydrogen (secondary N) is 1. The molecule has 2 rings (SSSR count). The number of carbonyl (C=O) groups is 3. The number of ether oxygens (including phenoxy) is 1. The van der Waals surface area contributed by atoms with Gasteiger partial charge in [0, 0.05) is 39.6 Å². The molecule has 1 aliphatic rings. The second kappa shape index (κ2) is 10.8. The Kier molecular flexibility index (Phi) is 8.41. The highest BCUT2D eigenvalue weighted by Gasteiger charge is 2.29. The van der Waals surface area contributed by atoms with Crippen molar-refractivity contribution in [3.63, 3.8) is 0 Å². The van der Waals surface area contributed by atoms with Gasteiger partial charge in [-0.25, -0.2) is 4.79 Å². The first-order valence-corrected chi connectivity index (χ1v) is 9.51. The molecular weight excluding hydrogens is 362 g/mol. The lowest BCUT2D eigenvalue weighted by molar-refractivity contribution is -0.151. The lowest BCUT2D eigenvalue weighted by Gasteiger charge is -2.34. The van der Waals surface area contributed by atoms with Crippen LogP contribution in [0.15, 0.2) is 30.3 Å². The minimum atomic E-state index is -1.08. The number of benzene rings is 1. The average Bonchev–Trinajstić information content (AvgIpc) is 2.65. The molecule has 1 aromatic carbocycles. The van der Waals surface area contributed by atoms with Crippen LogP contribution < -0.4 is 5.32 Å². The maximum absolute atomic E-state index is 12.7. The van der Waals surface area contributed by atoms with Gasteiger partial charge in [0.15, 0.2) is 0 Å². The largest absolute Gasteiger partial charge is 0.480 e. The number of hydrogen-bond acceptors (Lipinski definition) is 5. The number of nitrogens with zero attached hydrogens (tertiary/aromatic N) is 2. The van der Waals surface area contributed by atoms with Gasteiger partial charge in [-0.15, -0.1) is 0 Å². The molecule has 1 fully saturated rings. The summed E-state index contributed by atoms with van der Waals surface area (Å²) in [6, 6.07) is 9.13. The van der Waals surface area contributed by atoms with Crippen molar-refractivity contribution in [3.05, 3.63) is 35.9 Å². The minimum absolute atomic E-state index is 0.114. The van der Waals surface area contributed by atoms with Crippen LogP contribution in [0.2, 0.25) is 0 Å². The van der Waals surface area contributed by atoms with E-state index >= 15 is 0 Å². The quantitative estimate of drug-likeness (QED) is 0.643. The molecule has 154 valence electrons. The number of carbonyl (C=O) groups excluding carboxylic acids is 2. The van der Waals surface area contributed by atoms with Gasteiger partial charge < -0.3 is 20.1 Å². The third kappa shape index (κ3) is 6.94. The summed E-state index contributed by atoms with van der Waals surface area (Å²) in [6.45, 7) is 5.93. The zero-order valence-electron chi connectivity index (χ0n) is 16.5. The predicted molar refractivity (Wildman–Crippen MR) is 104 cm³/mol. The van der Waals surface area contributed by atoms with E-state index < -0.39 is 12.0 Å². The fourth-order valence-corrected chi connectivity index (χ4v) is 3.22. The lowest BCUT2D eigenvalue weighted by Crippen LogP contribution is -2.49. The third-order valence-corrected chi connectivity index (χ3v) is 4.75. The van der Waals surface area contributed by atoms with Crippen LogP contribution in [0.3, 0.4) is 0 Å². The maximum atomic E-state index is 12.7. The normalized spacial score (nSPS) is 18.3. The number of aliphatic carboxylic acids is 1. The number of carboxylic acid groups (broad SMARTS) is 1. The molecular formula is C20H29N3O5. The summed E-state index contributed by atoms with van der Waals surface area (Å²) in [5, 5.41) is 11.9. The molecule has 2 unspecified atom stereocenters. The molecule has 8 heteroatoms. The molecule has 0 aliphatic carbocycles. The van der Waals surface area contributed by atoms with E-state index in [1.54, 1.807) is 0 Å². The summed E-state index contributed by atoms with van der Waals surface area (Å²) in [4.78, 5) is 38.7. The molecule has 1 saturated heterocycles. The van der Waals surface area contributed by atoms with Crippen LogP contribution in [0, 0.1) is 0 Å². The van der Waals surface area contributed by atoms with E-state index in [0.717, 1.165) is 13.1 Å². The lowest BCUT2D eigenvalue weighted by atomic mass is 10.1. The smallest absolute Gasteiger partial charge is 0.326 e. The van der Waals surface area contributed by atoms with E-state index in [1.165, 1.54) is 24.3 Å². The van der Waals surface area contributed by atoms with Crippen LogP contribution in [0.4, 0.5) is 0 Å². The van der Waals surface area contributed by atoms with Gasteiger partial charge in [0.05, 0.1) is 19.1 Å². The van der Waals surface area contributed by atoms with Crippen molar-refractivity contribution in [2.24, 2.45) is 0 Å². The molecule has 0 spiro atoms. The maximum Gasteiger partial charge on any atom is 0.326 e. The SMILES string of the molecule is CC(=O)NCCN(C(=O)CC1CN(Cc2ccccc2)CCO1)C(C)C(=O)O. The van der Waals surface area contributed by atoms with E-state index in [-0.39, 0.29) is 37.4 Å². The van der Waals surface area contributed by atoms with Gasteiger partial charge in [-0.3, -0.25) is 14.5 Å². The first-order chi connectivity index (χ1) is 13.4. The van der Waals surface area contributed by atoms with Crippen LogP contribution in [0.25, 0.3) is 0 Å². The fourth-order valence-electron chi connectivity index (χ4n) is 3.22. The van der Waals surface area contributed by atoms with Gasteiger partial charge >= 0.3 is 5.97 Å². The van der Waals surface area contributed by atoms with Gasteiger partial charge in [-0.1, -0.05) is 30.3 Å². The molecule has 0 saturated carbocycles. The van der Waals surface area contributed by atoms with Crippen molar-refractivity contribution in [1.82, 2.24) is 15.1 Å². The summed E-state index contributed by atoms with van der Waals surface area (Å²) >= 11 is 0. The molecule has 2 N–H and O–H groups in total. The van der Waals surface area contributed by atoms with Crippen molar-refractivity contribution in [2.75, 3.05) is 32.8 Å². The Morgan fingerprint density at radius 3 is 2.68 bits per heavy atom. The number of morpholine rings is 1. The molecule has 2 atom stereocenters. The number of hydrogen-bond donors (Lipinski definition) is 2. The van der Waals surface area contributed by atoms with Crippen molar-refractivity contribution in [2.45, 2.75) is 39.0 Å². The van der Waals surface area contributed by atoms with Crippen LogP contribution >= 0.6 is 0 Å². The number of rotatable bonds is 9.